The van der Waals surface area contributed by atoms with Crippen LogP contribution in [0.2, 0.25) is 0 Å². The van der Waals surface area contributed by atoms with E-state index in [0.29, 0.717) is 0 Å². The third kappa shape index (κ3) is 10.7. The zero-order valence-electron chi connectivity index (χ0n) is 11.8. The molecule has 0 fully saturated rings. The van der Waals surface area contributed by atoms with Crippen LogP contribution in [0.25, 0.3) is 0 Å². The number of hydroxylamine groups is 4. The standard InChI is InChI=1S/C10H16N2O9P/c1-9(13)11(15)3-5-18-7-20-22(17)21-8-19-6-4-12(16)10(2)14/h3-6,15-16H,7-8H2,1-2H3/q+1. The Labute approximate surface area is 126 Å². The van der Waals surface area contributed by atoms with Gasteiger partial charge < -0.3 is 9.47 Å². The summed E-state index contributed by atoms with van der Waals surface area (Å²) >= 11 is 0. The topological polar surface area (TPSA) is 135 Å². The maximum Gasteiger partial charge on any atom is 0.704 e. The van der Waals surface area contributed by atoms with Gasteiger partial charge in [0.2, 0.25) is 25.4 Å². The van der Waals surface area contributed by atoms with Crippen LogP contribution in [0, 0.1) is 0 Å². The van der Waals surface area contributed by atoms with E-state index in [1.807, 2.05) is 0 Å². The van der Waals surface area contributed by atoms with E-state index < -0.39 is 33.7 Å². The molecule has 0 radical (unpaired) electrons. The Hall–Kier alpha value is -2.04. The minimum atomic E-state index is -2.52. The van der Waals surface area contributed by atoms with Gasteiger partial charge in [0.1, 0.15) is 12.5 Å². The van der Waals surface area contributed by atoms with E-state index in [4.69, 9.17) is 10.4 Å². The lowest BCUT2D eigenvalue weighted by Gasteiger charge is -2.04. The second-order valence-corrected chi connectivity index (χ2v) is 4.31. The predicted molar refractivity (Wildman–Crippen MR) is 68.6 cm³/mol. The van der Waals surface area contributed by atoms with Crippen LogP contribution in [0.1, 0.15) is 13.8 Å². The second-order valence-electron chi connectivity index (χ2n) is 3.35. The van der Waals surface area contributed by atoms with Crippen molar-refractivity contribution in [1.82, 2.24) is 10.1 Å². The van der Waals surface area contributed by atoms with Crippen molar-refractivity contribution < 1.29 is 43.1 Å². The highest BCUT2D eigenvalue weighted by Gasteiger charge is 2.20. The zero-order valence-corrected chi connectivity index (χ0v) is 12.7. The van der Waals surface area contributed by atoms with Gasteiger partial charge in [-0.25, -0.2) is 0 Å². The summed E-state index contributed by atoms with van der Waals surface area (Å²) in [5, 5.41) is 18.4. The zero-order chi connectivity index (χ0) is 17.0. The van der Waals surface area contributed by atoms with Gasteiger partial charge in [-0.1, -0.05) is 9.05 Å². The minimum absolute atomic E-state index is 0.280. The molecule has 22 heavy (non-hydrogen) atoms. The van der Waals surface area contributed by atoms with E-state index in [-0.39, 0.29) is 10.1 Å². The highest BCUT2D eigenvalue weighted by Crippen LogP contribution is 2.23. The molecule has 0 aromatic heterocycles. The molecule has 0 saturated heterocycles. The summed E-state index contributed by atoms with van der Waals surface area (Å²) in [5.41, 5.74) is 0. The average Bonchev–Trinajstić information content (AvgIpc) is 2.45. The number of rotatable bonds is 10. The Morgan fingerprint density at radius 1 is 0.955 bits per heavy atom. The Morgan fingerprint density at radius 2 is 1.32 bits per heavy atom. The monoisotopic (exact) mass is 339 g/mol. The fraction of sp³-hybridized carbons (Fsp3) is 0.400. The lowest BCUT2D eigenvalue weighted by atomic mass is 10.7. The van der Waals surface area contributed by atoms with Gasteiger partial charge in [-0.2, -0.15) is 10.1 Å². The molecule has 0 spiro atoms. The van der Waals surface area contributed by atoms with Gasteiger partial charge in [-0.3, -0.25) is 20.0 Å². The van der Waals surface area contributed by atoms with Crippen molar-refractivity contribution in [2.45, 2.75) is 13.8 Å². The van der Waals surface area contributed by atoms with Crippen molar-refractivity contribution in [3.8, 4) is 0 Å². The molecule has 0 saturated carbocycles. The molecule has 0 atom stereocenters. The first-order valence-corrected chi connectivity index (χ1v) is 6.71. The lowest BCUT2D eigenvalue weighted by molar-refractivity contribution is -0.152. The van der Waals surface area contributed by atoms with Crippen LogP contribution < -0.4 is 0 Å². The summed E-state index contributed by atoms with van der Waals surface area (Å²) in [6, 6.07) is 0. The van der Waals surface area contributed by atoms with Crippen LogP contribution in [0.15, 0.2) is 24.9 Å². The first-order valence-electron chi connectivity index (χ1n) is 5.61. The van der Waals surface area contributed by atoms with Crippen molar-refractivity contribution in [3.05, 3.63) is 24.9 Å². The molecule has 0 aliphatic rings. The van der Waals surface area contributed by atoms with Crippen LogP contribution in [-0.4, -0.2) is 45.9 Å². The van der Waals surface area contributed by atoms with Gasteiger partial charge in [0, 0.05) is 18.4 Å². The highest BCUT2D eigenvalue weighted by molar-refractivity contribution is 7.33. The maximum absolute atomic E-state index is 11.1. The molecule has 0 aromatic carbocycles. The molecule has 12 heteroatoms. The number of carbonyl (C=O) groups is 2. The predicted octanol–water partition coefficient (Wildman–Crippen LogP) is 1.04. The minimum Gasteiger partial charge on any atom is -0.469 e. The van der Waals surface area contributed by atoms with Gasteiger partial charge >= 0.3 is 8.25 Å². The van der Waals surface area contributed by atoms with Crippen LogP contribution in [0.4, 0.5) is 0 Å². The fourth-order valence-corrected chi connectivity index (χ4v) is 1.04. The van der Waals surface area contributed by atoms with E-state index in [1.165, 1.54) is 0 Å². The molecular formula is C10H16N2O9P+. The van der Waals surface area contributed by atoms with E-state index in [2.05, 4.69) is 18.5 Å². The molecular weight excluding hydrogens is 323 g/mol. The summed E-state index contributed by atoms with van der Waals surface area (Å²) < 4.78 is 29.6. The van der Waals surface area contributed by atoms with E-state index in [0.717, 1.165) is 38.8 Å². The van der Waals surface area contributed by atoms with Gasteiger partial charge in [-0.15, -0.1) is 0 Å². The molecule has 0 rings (SSSR count). The van der Waals surface area contributed by atoms with Crippen LogP contribution >= 0.6 is 8.25 Å². The molecule has 2 amide bonds. The molecule has 124 valence electrons. The SMILES string of the molecule is CC(=O)N(O)C=COCO[P+](=O)OCOC=CN(O)C(C)=O. The first kappa shape index (κ1) is 20.0. The largest absolute Gasteiger partial charge is 0.704 e. The molecule has 0 aliphatic heterocycles. The van der Waals surface area contributed by atoms with Crippen molar-refractivity contribution >= 4 is 20.1 Å². The third-order valence-corrected chi connectivity index (χ3v) is 2.33. The lowest BCUT2D eigenvalue weighted by Crippen LogP contribution is -2.17. The number of hydrogen-bond donors (Lipinski definition) is 2. The maximum atomic E-state index is 11.1. The van der Waals surface area contributed by atoms with Crippen molar-refractivity contribution in [1.29, 1.82) is 0 Å². The van der Waals surface area contributed by atoms with Crippen molar-refractivity contribution in [3.63, 3.8) is 0 Å². The van der Waals surface area contributed by atoms with Gasteiger partial charge in [0.15, 0.2) is 0 Å². The summed E-state index contributed by atoms with van der Waals surface area (Å²) in [4.78, 5) is 21.2. The molecule has 0 aromatic rings. The number of amides is 2. The molecule has 0 aliphatic carbocycles. The number of hydrogen-bond acceptors (Lipinski definition) is 9. The number of ether oxygens (including phenoxy) is 2. The highest BCUT2D eigenvalue weighted by atomic mass is 31.1. The van der Waals surface area contributed by atoms with Gasteiger partial charge in [-0.05, 0) is 0 Å². The molecule has 2 N–H and O–H groups in total. The average molecular weight is 339 g/mol. The molecule has 0 unspecified atom stereocenters. The quantitative estimate of drug-likeness (QED) is 0.149. The molecule has 11 nitrogen and oxygen atoms in total. The summed E-state index contributed by atoms with van der Waals surface area (Å²) in [7, 11) is -2.52. The summed E-state index contributed by atoms with van der Waals surface area (Å²) in [5.74, 6) is -1.24. The number of nitrogens with zero attached hydrogens (tertiary/aromatic N) is 2. The van der Waals surface area contributed by atoms with E-state index in [1.54, 1.807) is 0 Å². The molecule has 0 bridgehead atoms. The molecule has 0 heterocycles. The summed E-state index contributed by atoms with van der Waals surface area (Å²) in [6.07, 6.45) is 3.73. The smallest absolute Gasteiger partial charge is 0.469 e. The Balaban J connectivity index is 3.67. The Kier molecular flexibility index (Phi) is 10.5. The fourth-order valence-electron chi connectivity index (χ4n) is 0.674. The van der Waals surface area contributed by atoms with Crippen molar-refractivity contribution in [2.24, 2.45) is 0 Å². The number of carbonyl (C=O) groups excluding carboxylic acids is 2. The van der Waals surface area contributed by atoms with Crippen molar-refractivity contribution in [2.75, 3.05) is 13.6 Å². The van der Waals surface area contributed by atoms with E-state index >= 15 is 0 Å². The summed E-state index contributed by atoms with van der Waals surface area (Å²) in [6.45, 7) is 1.35. The van der Waals surface area contributed by atoms with Crippen LogP contribution in [-0.2, 0) is 32.7 Å². The normalized spacial score (nSPS) is 11.5. The Bertz CT molecular complexity index is 402. The Morgan fingerprint density at radius 3 is 1.64 bits per heavy atom. The van der Waals surface area contributed by atoms with Gasteiger partial charge in [0.25, 0.3) is 0 Å². The first-order chi connectivity index (χ1) is 10.3. The third-order valence-electron chi connectivity index (χ3n) is 1.69. The van der Waals surface area contributed by atoms with Gasteiger partial charge in [0.05, 0.1) is 12.4 Å². The van der Waals surface area contributed by atoms with Crippen LogP contribution in [0.5, 0.6) is 0 Å². The second kappa shape index (κ2) is 11.6. The van der Waals surface area contributed by atoms with E-state index in [9.17, 15) is 14.2 Å². The van der Waals surface area contributed by atoms with Crippen LogP contribution in [0.3, 0.4) is 0 Å².